The number of benzene rings is 1. The highest BCUT2D eigenvalue weighted by atomic mass is 16.2. The molecule has 0 aromatic heterocycles. The lowest BCUT2D eigenvalue weighted by Gasteiger charge is -2.16. The molecule has 1 unspecified atom stereocenters. The molecule has 0 heterocycles. The summed E-state index contributed by atoms with van der Waals surface area (Å²) in [6.07, 6.45) is 22.2. The highest BCUT2D eigenvalue weighted by molar-refractivity contribution is 6.07. The second kappa shape index (κ2) is 20.9. The highest BCUT2D eigenvalue weighted by Gasteiger charge is 2.25. The summed E-state index contributed by atoms with van der Waals surface area (Å²) in [6.45, 7) is 4.49. The predicted octanol–water partition coefficient (Wildman–Crippen LogP) is 9.26. The van der Waals surface area contributed by atoms with Crippen LogP contribution in [0.2, 0.25) is 0 Å². The number of ketones is 1. The van der Waals surface area contributed by atoms with Crippen molar-refractivity contribution in [2.75, 3.05) is 5.32 Å². The maximum absolute atomic E-state index is 13.0. The summed E-state index contributed by atoms with van der Waals surface area (Å²) in [5.74, 6) is -0.487. The lowest BCUT2D eigenvalue weighted by Crippen LogP contribution is -2.29. The van der Waals surface area contributed by atoms with Gasteiger partial charge < -0.3 is 5.32 Å². The SMILES string of the molecule is CCCCCCCCCCCC(=O)C(CCCCCCCCCC)C(=O)Nc1ccccc1. The highest BCUT2D eigenvalue weighted by Crippen LogP contribution is 2.20. The molecule has 0 fully saturated rings. The van der Waals surface area contributed by atoms with E-state index < -0.39 is 5.92 Å². The van der Waals surface area contributed by atoms with Crippen LogP contribution >= 0.6 is 0 Å². The third kappa shape index (κ3) is 15.8. The summed E-state index contributed by atoms with van der Waals surface area (Å²) in [5.41, 5.74) is 0.777. The van der Waals surface area contributed by atoms with E-state index in [2.05, 4.69) is 19.2 Å². The van der Waals surface area contributed by atoms with Crippen LogP contribution in [-0.2, 0) is 9.59 Å². The van der Waals surface area contributed by atoms with Crippen molar-refractivity contribution in [1.82, 2.24) is 0 Å². The van der Waals surface area contributed by atoms with E-state index in [1.165, 1.54) is 83.5 Å². The predicted molar refractivity (Wildman–Crippen MR) is 143 cm³/mol. The van der Waals surface area contributed by atoms with Gasteiger partial charge in [0.15, 0.2) is 0 Å². The molecule has 0 aliphatic carbocycles. The Hall–Kier alpha value is -1.64. The van der Waals surface area contributed by atoms with Crippen molar-refractivity contribution in [3.63, 3.8) is 0 Å². The molecule has 3 heteroatoms. The van der Waals surface area contributed by atoms with Gasteiger partial charge in [0.25, 0.3) is 0 Å². The lowest BCUT2D eigenvalue weighted by atomic mass is 9.92. The first-order chi connectivity index (χ1) is 16.2. The van der Waals surface area contributed by atoms with E-state index in [-0.39, 0.29) is 11.7 Å². The first kappa shape index (κ1) is 29.4. The van der Waals surface area contributed by atoms with Crippen molar-refractivity contribution in [3.05, 3.63) is 30.3 Å². The number of Topliss-reactive ketones (excluding diaryl/α,β-unsaturated/α-hetero) is 1. The molecule has 0 aliphatic rings. The molecule has 0 radical (unpaired) electrons. The summed E-state index contributed by atoms with van der Waals surface area (Å²) in [4.78, 5) is 25.9. The second-order valence-corrected chi connectivity index (χ2v) is 9.72. The van der Waals surface area contributed by atoms with Crippen molar-refractivity contribution >= 4 is 17.4 Å². The summed E-state index contributed by atoms with van der Waals surface area (Å²) in [7, 11) is 0. The van der Waals surface area contributed by atoms with Gasteiger partial charge in [-0.05, 0) is 25.0 Å². The molecule has 0 saturated heterocycles. The summed E-state index contributed by atoms with van der Waals surface area (Å²) >= 11 is 0. The number of rotatable bonds is 22. The molecule has 188 valence electrons. The van der Waals surface area contributed by atoms with Gasteiger partial charge in [-0.3, -0.25) is 9.59 Å². The fraction of sp³-hybridized carbons (Fsp3) is 0.733. The van der Waals surface area contributed by atoms with Crippen molar-refractivity contribution in [1.29, 1.82) is 0 Å². The Labute approximate surface area is 204 Å². The van der Waals surface area contributed by atoms with Crippen LogP contribution in [-0.4, -0.2) is 11.7 Å². The quantitative estimate of drug-likeness (QED) is 0.139. The Kier molecular flexibility index (Phi) is 18.6. The van der Waals surface area contributed by atoms with E-state index in [0.29, 0.717) is 12.8 Å². The zero-order chi connectivity index (χ0) is 24.0. The largest absolute Gasteiger partial charge is 0.325 e. The van der Waals surface area contributed by atoms with Gasteiger partial charge in [-0.1, -0.05) is 135 Å². The van der Waals surface area contributed by atoms with Crippen LogP contribution in [0.5, 0.6) is 0 Å². The number of carbonyl (C=O) groups excluding carboxylic acids is 2. The first-order valence-corrected chi connectivity index (χ1v) is 14.1. The topological polar surface area (TPSA) is 46.2 Å². The van der Waals surface area contributed by atoms with Gasteiger partial charge >= 0.3 is 0 Å². The molecule has 1 amide bonds. The van der Waals surface area contributed by atoms with Gasteiger partial charge in [-0.2, -0.15) is 0 Å². The number of carbonyl (C=O) groups is 2. The minimum absolute atomic E-state index is 0.120. The molecule has 1 atom stereocenters. The third-order valence-corrected chi connectivity index (χ3v) is 6.62. The van der Waals surface area contributed by atoms with E-state index in [4.69, 9.17) is 0 Å². The average Bonchev–Trinajstić information content (AvgIpc) is 2.82. The van der Waals surface area contributed by atoms with Gasteiger partial charge in [0.2, 0.25) is 5.91 Å². The van der Waals surface area contributed by atoms with E-state index in [0.717, 1.165) is 31.4 Å². The van der Waals surface area contributed by atoms with Crippen LogP contribution in [0.3, 0.4) is 0 Å². The van der Waals surface area contributed by atoms with Crippen molar-refractivity contribution in [3.8, 4) is 0 Å². The second-order valence-electron chi connectivity index (χ2n) is 9.72. The molecule has 0 saturated carbocycles. The van der Waals surface area contributed by atoms with Crippen LogP contribution in [0.1, 0.15) is 136 Å². The number of unbranched alkanes of at least 4 members (excludes halogenated alkanes) is 15. The lowest BCUT2D eigenvalue weighted by molar-refractivity contribution is -0.131. The van der Waals surface area contributed by atoms with Crippen LogP contribution < -0.4 is 5.32 Å². The summed E-state index contributed by atoms with van der Waals surface area (Å²) in [5, 5.41) is 2.97. The monoisotopic (exact) mass is 457 g/mol. The Morgan fingerprint density at radius 1 is 0.636 bits per heavy atom. The molecule has 0 bridgehead atoms. The van der Waals surface area contributed by atoms with Crippen LogP contribution in [0.15, 0.2) is 30.3 Å². The van der Waals surface area contributed by atoms with Crippen LogP contribution in [0.25, 0.3) is 0 Å². The van der Waals surface area contributed by atoms with E-state index in [1.807, 2.05) is 30.3 Å². The van der Waals surface area contributed by atoms with E-state index in [1.54, 1.807) is 0 Å². The zero-order valence-corrected chi connectivity index (χ0v) is 21.7. The summed E-state index contributed by atoms with van der Waals surface area (Å²) in [6, 6.07) is 9.52. The average molecular weight is 458 g/mol. The zero-order valence-electron chi connectivity index (χ0n) is 21.7. The number of para-hydroxylation sites is 1. The number of hydrogen-bond donors (Lipinski definition) is 1. The minimum atomic E-state index is -0.501. The van der Waals surface area contributed by atoms with E-state index in [9.17, 15) is 9.59 Å². The molecule has 0 aliphatic heterocycles. The van der Waals surface area contributed by atoms with Crippen LogP contribution in [0.4, 0.5) is 5.69 Å². The maximum atomic E-state index is 13.0. The molecule has 1 aromatic carbocycles. The van der Waals surface area contributed by atoms with Gasteiger partial charge in [-0.25, -0.2) is 0 Å². The number of anilines is 1. The van der Waals surface area contributed by atoms with Crippen molar-refractivity contribution in [2.45, 2.75) is 136 Å². The molecular weight excluding hydrogens is 406 g/mol. The molecule has 33 heavy (non-hydrogen) atoms. The number of nitrogens with one attached hydrogen (secondary N) is 1. The Balaban J connectivity index is 2.36. The fourth-order valence-corrected chi connectivity index (χ4v) is 4.46. The molecule has 3 nitrogen and oxygen atoms in total. The van der Waals surface area contributed by atoms with Gasteiger partial charge in [0, 0.05) is 12.1 Å². The summed E-state index contributed by atoms with van der Waals surface area (Å²) < 4.78 is 0. The molecule has 1 rings (SSSR count). The standard InChI is InChI=1S/C30H51NO2/c1-3-5-7-9-11-13-15-17-22-26-29(32)28(25-21-16-14-12-10-8-6-4-2)30(33)31-27-23-19-18-20-24-27/h18-20,23-24,28H,3-17,21-22,25-26H2,1-2H3,(H,31,33). The van der Waals surface area contributed by atoms with E-state index >= 15 is 0 Å². The van der Waals surface area contributed by atoms with Crippen molar-refractivity contribution < 1.29 is 9.59 Å². The first-order valence-electron chi connectivity index (χ1n) is 14.1. The molecular formula is C30H51NO2. The molecule has 0 spiro atoms. The Bertz CT molecular complexity index is 599. The van der Waals surface area contributed by atoms with Gasteiger partial charge in [-0.15, -0.1) is 0 Å². The molecule has 1 N–H and O–H groups in total. The Morgan fingerprint density at radius 2 is 1.09 bits per heavy atom. The molecule has 1 aromatic rings. The fourth-order valence-electron chi connectivity index (χ4n) is 4.46. The van der Waals surface area contributed by atoms with Crippen molar-refractivity contribution in [2.24, 2.45) is 5.92 Å². The normalized spacial score (nSPS) is 11.9. The number of amides is 1. The maximum Gasteiger partial charge on any atom is 0.234 e. The van der Waals surface area contributed by atoms with Gasteiger partial charge in [0.05, 0.1) is 5.92 Å². The van der Waals surface area contributed by atoms with Gasteiger partial charge in [0.1, 0.15) is 5.78 Å². The van der Waals surface area contributed by atoms with Crippen LogP contribution in [0, 0.1) is 5.92 Å². The number of hydrogen-bond acceptors (Lipinski definition) is 2. The smallest absolute Gasteiger partial charge is 0.234 e. The minimum Gasteiger partial charge on any atom is -0.325 e. The third-order valence-electron chi connectivity index (χ3n) is 6.62. The Morgan fingerprint density at radius 3 is 1.61 bits per heavy atom.